The number of hydrogen-bond donors (Lipinski definition) is 2. The average Bonchev–Trinajstić information content (AvgIpc) is 3.43. The van der Waals surface area contributed by atoms with Gasteiger partial charge in [-0.15, -0.1) is 16.4 Å². The first-order valence-electron chi connectivity index (χ1n) is 11.1. The summed E-state index contributed by atoms with van der Waals surface area (Å²) in [6, 6.07) is 11.5. The van der Waals surface area contributed by atoms with Crippen LogP contribution in [-0.4, -0.2) is 38.0 Å². The van der Waals surface area contributed by atoms with E-state index in [4.69, 9.17) is 0 Å². The van der Waals surface area contributed by atoms with Crippen LogP contribution in [0.15, 0.2) is 42.6 Å². The highest BCUT2D eigenvalue weighted by atomic mass is 32.1. The number of thiophene rings is 1. The molecule has 1 saturated carbocycles. The van der Waals surface area contributed by atoms with Crippen LogP contribution in [0.2, 0.25) is 0 Å². The van der Waals surface area contributed by atoms with Crippen LogP contribution in [0.1, 0.15) is 64.7 Å². The Kier molecular flexibility index (Phi) is 6.99. The topological polar surface area (TPSA) is 97.1 Å². The smallest absolute Gasteiger partial charge is 0.336 e. The number of carboxylic acids is 1. The van der Waals surface area contributed by atoms with Gasteiger partial charge in [0.15, 0.2) is 0 Å². The number of carbonyl (C=O) groups excluding carboxylic acids is 1. The number of carboxylic acid groups (broad SMARTS) is 1. The summed E-state index contributed by atoms with van der Waals surface area (Å²) in [6.07, 6.45) is 7.84. The van der Waals surface area contributed by atoms with Crippen molar-refractivity contribution in [2.24, 2.45) is 0 Å². The summed E-state index contributed by atoms with van der Waals surface area (Å²) < 4.78 is 1.84. The molecule has 1 aromatic carbocycles. The largest absolute Gasteiger partial charge is 0.478 e. The second-order valence-corrected chi connectivity index (χ2v) is 9.75. The Balaban J connectivity index is 1.25. The Morgan fingerprint density at radius 3 is 2.66 bits per heavy atom. The maximum Gasteiger partial charge on any atom is 0.336 e. The normalized spacial score (nSPS) is 18.4. The molecular weight excluding hydrogens is 424 g/mol. The molecule has 1 aliphatic rings. The van der Waals surface area contributed by atoms with E-state index in [2.05, 4.69) is 34.7 Å². The number of aromatic nitrogens is 3. The van der Waals surface area contributed by atoms with E-state index in [0.717, 1.165) is 38.5 Å². The molecule has 3 aromatic rings. The lowest BCUT2D eigenvalue weighted by atomic mass is 9.91. The average molecular weight is 453 g/mol. The molecule has 0 saturated heterocycles. The van der Waals surface area contributed by atoms with Gasteiger partial charge in [-0.25, -0.2) is 9.48 Å². The molecule has 0 atom stereocenters. The van der Waals surface area contributed by atoms with E-state index < -0.39 is 5.97 Å². The third-order valence-corrected chi connectivity index (χ3v) is 7.06. The first-order chi connectivity index (χ1) is 15.5. The van der Waals surface area contributed by atoms with Crippen LogP contribution < -0.4 is 5.32 Å². The summed E-state index contributed by atoms with van der Waals surface area (Å²) in [4.78, 5) is 26.5. The zero-order valence-corrected chi connectivity index (χ0v) is 19.0. The van der Waals surface area contributed by atoms with Gasteiger partial charge in [0.25, 0.3) is 0 Å². The van der Waals surface area contributed by atoms with Crippen LogP contribution in [0.5, 0.6) is 0 Å². The molecule has 0 unspecified atom stereocenters. The molecule has 4 rings (SSSR count). The highest BCUT2D eigenvalue weighted by molar-refractivity contribution is 7.11. The fourth-order valence-electron chi connectivity index (χ4n) is 4.30. The summed E-state index contributed by atoms with van der Waals surface area (Å²) >= 11 is 1.80. The zero-order valence-electron chi connectivity index (χ0n) is 18.2. The van der Waals surface area contributed by atoms with Gasteiger partial charge in [-0.3, -0.25) is 4.79 Å². The summed E-state index contributed by atoms with van der Waals surface area (Å²) in [7, 11) is 0. The molecule has 168 valence electrons. The molecule has 1 fully saturated rings. The van der Waals surface area contributed by atoms with Crippen LogP contribution in [0.3, 0.4) is 0 Å². The van der Waals surface area contributed by atoms with Gasteiger partial charge in [0, 0.05) is 27.8 Å². The highest BCUT2D eigenvalue weighted by Crippen LogP contribution is 2.30. The minimum absolute atomic E-state index is 0.134. The maximum atomic E-state index is 12.3. The lowest BCUT2D eigenvalue weighted by Crippen LogP contribution is -2.38. The first kappa shape index (κ1) is 22.2. The van der Waals surface area contributed by atoms with E-state index in [1.165, 1.54) is 9.75 Å². The van der Waals surface area contributed by atoms with Crippen molar-refractivity contribution in [3.05, 3.63) is 57.9 Å². The van der Waals surface area contributed by atoms with Crippen molar-refractivity contribution >= 4 is 23.2 Å². The first-order valence-corrected chi connectivity index (χ1v) is 11.9. The number of benzene rings is 1. The standard InChI is InChI=1S/C24H28N4O3S/c1-16-9-14-19(32-16)5-4-8-23(29)25-17-10-12-18(13-11-17)28-15-22(26-27-28)20-6-2-3-7-21(20)24(30)31/h2-3,6-7,9,14-15,17-18H,4-5,8,10-13H2,1H3,(H,25,29)(H,30,31). The monoisotopic (exact) mass is 452 g/mol. The van der Waals surface area contributed by atoms with E-state index in [-0.39, 0.29) is 23.6 Å². The number of rotatable bonds is 8. The summed E-state index contributed by atoms with van der Waals surface area (Å²) in [6.45, 7) is 2.10. The van der Waals surface area contributed by atoms with Gasteiger partial charge in [0.2, 0.25) is 5.91 Å². The van der Waals surface area contributed by atoms with Gasteiger partial charge >= 0.3 is 5.97 Å². The molecule has 1 aliphatic carbocycles. The highest BCUT2D eigenvalue weighted by Gasteiger charge is 2.25. The Morgan fingerprint density at radius 1 is 1.16 bits per heavy atom. The SMILES string of the molecule is Cc1ccc(CCCC(=O)NC2CCC(n3cc(-c4ccccc4C(=O)O)nn3)CC2)s1. The molecule has 2 heterocycles. The number of nitrogens with one attached hydrogen (secondary N) is 1. The van der Waals surface area contributed by atoms with E-state index in [1.807, 2.05) is 10.9 Å². The van der Waals surface area contributed by atoms with E-state index in [9.17, 15) is 14.7 Å². The Hall–Kier alpha value is -3.00. The third-order valence-electron chi connectivity index (χ3n) is 6.00. The molecule has 0 bridgehead atoms. The van der Waals surface area contributed by atoms with Crippen molar-refractivity contribution in [1.82, 2.24) is 20.3 Å². The van der Waals surface area contributed by atoms with Gasteiger partial charge < -0.3 is 10.4 Å². The number of aromatic carboxylic acids is 1. The maximum absolute atomic E-state index is 12.3. The van der Waals surface area contributed by atoms with Crippen LogP contribution >= 0.6 is 11.3 Å². The Morgan fingerprint density at radius 2 is 1.94 bits per heavy atom. The van der Waals surface area contributed by atoms with Crippen LogP contribution in [0, 0.1) is 6.92 Å². The van der Waals surface area contributed by atoms with Crippen LogP contribution in [0.4, 0.5) is 0 Å². The van der Waals surface area contributed by atoms with E-state index in [0.29, 0.717) is 17.7 Å². The second-order valence-electron chi connectivity index (χ2n) is 8.37. The lowest BCUT2D eigenvalue weighted by molar-refractivity contribution is -0.122. The Labute approximate surface area is 191 Å². The molecule has 7 nitrogen and oxygen atoms in total. The molecule has 2 aromatic heterocycles. The fourth-order valence-corrected chi connectivity index (χ4v) is 5.23. The second kappa shape index (κ2) is 10.1. The number of hydrogen-bond acceptors (Lipinski definition) is 5. The van der Waals surface area contributed by atoms with Gasteiger partial charge in [0.05, 0.1) is 17.8 Å². The Bertz CT molecular complexity index is 1080. The molecule has 0 radical (unpaired) electrons. The van der Waals surface area contributed by atoms with Crippen LogP contribution in [-0.2, 0) is 11.2 Å². The van der Waals surface area contributed by atoms with E-state index >= 15 is 0 Å². The van der Waals surface area contributed by atoms with Crippen molar-refractivity contribution in [1.29, 1.82) is 0 Å². The van der Waals surface area contributed by atoms with Crippen LogP contribution in [0.25, 0.3) is 11.3 Å². The molecule has 0 spiro atoms. The molecule has 2 N–H and O–H groups in total. The zero-order chi connectivity index (χ0) is 22.5. The van der Waals surface area contributed by atoms with E-state index in [1.54, 1.807) is 35.6 Å². The van der Waals surface area contributed by atoms with Crippen molar-refractivity contribution < 1.29 is 14.7 Å². The van der Waals surface area contributed by atoms with Crippen molar-refractivity contribution in [3.8, 4) is 11.3 Å². The summed E-state index contributed by atoms with van der Waals surface area (Å²) in [5.41, 5.74) is 1.37. The molecule has 1 amide bonds. The van der Waals surface area contributed by atoms with Gasteiger partial charge in [-0.1, -0.05) is 23.4 Å². The molecule has 32 heavy (non-hydrogen) atoms. The quantitative estimate of drug-likeness (QED) is 0.519. The molecule has 0 aliphatic heterocycles. The number of amides is 1. The number of nitrogens with zero attached hydrogens (tertiary/aromatic N) is 3. The van der Waals surface area contributed by atoms with Gasteiger partial charge in [0.1, 0.15) is 5.69 Å². The fraction of sp³-hybridized carbons (Fsp3) is 0.417. The minimum atomic E-state index is -0.975. The molecule has 8 heteroatoms. The van der Waals surface area contributed by atoms with Crippen molar-refractivity contribution in [3.63, 3.8) is 0 Å². The third kappa shape index (κ3) is 5.43. The van der Waals surface area contributed by atoms with Crippen molar-refractivity contribution in [2.75, 3.05) is 0 Å². The van der Waals surface area contributed by atoms with Gasteiger partial charge in [-0.2, -0.15) is 0 Å². The summed E-state index contributed by atoms with van der Waals surface area (Å²) in [5.74, 6) is -0.841. The number of aryl methyl sites for hydroxylation is 2. The number of carbonyl (C=O) groups is 2. The lowest BCUT2D eigenvalue weighted by Gasteiger charge is -2.29. The predicted molar refractivity (Wildman–Crippen MR) is 124 cm³/mol. The van der Waals surface area contributed by atoms with Gasteiger partial charge in [-0.05, 0) is 63.6 Å². The summed E-state index contributed by atoms with van der Waals surface area (Å²) in [5, 5.41) is 21.1. The minimum Gasteiger partial charge on any atom is -0.478 e. The molecular formula is C24H28N4O3S. The van der Waals surface area contributed by atoms with Crippen molar-refractivity contribution in [2.45, 2.75) is 64.0 Å². The predicted octanol–water partition coefficient (Wildman–Crippen LogP) is 4.64.